The number of amides is 2. The topological polar surface area (TPSA) is 58.6 Å². The van der Waals surface area contributed by atoms with Gasteiger partial charge in [-0.15, -0.1) is 0 Å². The highest BCUT2D eigenvalue weighted by atomic mass is 16.5. The molecule has 0 radical (unpaired) electrons. The van der Waals surface area contributed by atoms with Gasteiger partial charge in [-0.25, -0.2) is 0 Å². The first-order valence-corrected chi connectivity index (χ1v) is 11.6. The summed E-state index contributed by atoms with van der Waals surface area (Å²) in [6.07, 6.45) is 2.96. The summed E-state index contributed by atoms with van der Waals surface area (Å²) in [6, 6.07) is 15.5. The Labute approximate surface area is 193 Å². The van der Waals surface area contributed by atoms with E-state index in [9.17, 15) is 9.59 Å². The van der Waals surface area contributed by atoms with Gasteiger partial charge in [0.15, 0.2) is 0 Å². The van der Waals surface area contributed by atoms with Crippen LogP contribution in [0.15, 0.2) is 48.5 Å². The third-order valence-electron chi connectivity index (χ3n) is 5.78. The molecule has 1 atom stereocenters. The van der Waals surface area contributed by atoms with Gasteiger partial charge in [-0.1, -0.05) is 63.6 Å². The van der Waals surface area contributed by atoms with Crippen molar-refractivity contribution in [2.75, 3.05) is 13.7 Å². The molecule has 0 aliphatic heterocycles. The monoisotopic (exact) mass is 438 g/mol. The van der Waals surface area contributed by atoms with Crippen molar-refractivity contribution < 1.29 is 14.3 Å². The summed E-state index contributed by atoms with van der Waals surface area (Å²) >= 11 is 0. The molecule has 5 heteroatoms. The van der Waals surface area contributed by atoms with Crippen LogP contribution in [0.5, 0.6) is 5.75 Å². The third-order valence-corrected chi connectivity index (χ3v) is 5.78. The maximum Gasteiger partial charge on any atom is 0.242 e. The van der Waals surface area contributed by atoms with E-state index in [1.807, 2.05) is 24.3 Å². The number of benzene rings is 2. The van der Waals surface area contributed by atoms with Gasteiger partial charge in [-0.3, -0.25) is 9.59 Å². The normalized spacial score (nSPS) is 11.8. The van der Waals surface area contributed by atoms with Crippen molar-refractivity contribution in [1.29, 1.82) is 0 Å². The van der Waals surface area contributed by atoms with E-state index in [2.05, 4.69) is 50.4 Å². The van der Waals surface area contributed by atoms with Crippen LogP contribution in [0.4, 0.5) is 0 Å². The molecule has 0 aromatic heterocycles. The molecule has 5 nitrogen and oxygen atoms in total. The average molecular weight is 439 g/mol. The summed E-state index contributed by atoms with van der Waals surface area (Å²) in [4.78, 5) is 27.6. The summed E-state index contributed by atoms with van der Waals surface area (Å²) < 4.78 is 5.23. The number of hydrogen-bond acceptors (Lipinski definition) is 3. The Bertz CT molecular complexity index is 844. The first kappa shape index (κ1) is 25.4. The fraction of sp³-hybridized carbons (Fsp3) is 0.481. The van der Waals surface area contributed by atoms with Crippen molar-refractivity contribution in [1.82, 2.24) is 10.2 Å². The molecule has 0 spiro atoms. The van der Waals surface area contributed by atoms with Crippen molar-refractivity contribution in [3.63, 3.8) is 0 Å². The molecule has 174 valence electrons. The van der Waals surface area contributed by atoms with Crippen molar-refractivity contribution in [3.8, 4) is 5.75 Å². The minimum Gasteiger partial charge on any atom is -0.497 e. The molecule has 0 heterocycles. The second-order valence-electron chi connectivity index (χ2n) is 8.59. The smallest absolute Gasteiger partial charge is 0.242 e. The van der Waals surface area contributed by atoms with Crippen LogP contribution >= 0.6 is 0 Å². The number of carbonyl (C=O) groups excluding carboxylic acids is 2. The molecule has 2 rings (SSSR count). The zero-order valence-electron chi connectivity index (χ0n) is 20.2. The van der Waals surface area contributed by atoms with Crippen molar-refractivity contribution in [2.24, 2.45) is 0 Å². The molecule has 0 fully saturated rings. The van der Waals surface area contributed by atoms with Gasteiger partial charge in [0.25, 0.3) is 0 Å². The Balaban J connectivity index is 2.10. The second-order valence-corrected chi connectivity index (χ2v) is 8.59. The fourth-order valence-corrected chi connectivity index (χ4v) is 3.51. The van der Waals surface area contributed by atoms with Crippen molar-refractivity contribution in [3.05, 3.63) is 65.2 Å². The minimum atomic E-state index is -0.537. The lowest BCUT2D eigenvalue weighted by molar-refractivity contribution is -0.140. The Morgan fingerprint density at radius 3 is 2.16 bits per heavy atom. The molecule has 1 N–H and O–H groups in total. The number of hydrogen-bond donors (Lipinski definition) is 1. The molecule has 0 bridgehead atoms. The van der Waals surface area contributed by atoms with E-state index in [-0.39, 0.29) is 11.8 Å². The van der Waals surface area contributed by atoms with E-state index >= 15 is 0 Å². The maximum atomic E-state index is 13.2. The van der Waals surface area contributed by atoms with Crippen LogP contribution in [0.2, 0.25) is 0 Å². The Hall–Kier alpha value is -2.82. The number of carbonyl (C=O) groups is 2. The molecule has 0 aliphatic rings. The average Bonchev–Trinajstić information content (AvgIpc) is 2.81. The molecule has 2 amide bonds. The third kappa shape index (κ3) is 7.70. The number of nitrogens with one attached hydrogen (secondary N) is 1. The van der Waals surface area contributed by atoms with Gasteiger partial charge in [0.05, 0.1) is 7.11 Å². The van der Waals surface area contributed by atoms with Crippen LogP contribution in [-0.2, 0) is 22.6 Å². The van der Waals surface area contributed by atoms with E-state index in [0.717, 1.165) is 29.7 Å². The molecule has 1 unspecified atom stereocenters. The van der Waals surface area contributed by atoms with Crippen LogP contribution in [0, 0.1) is 0 Å². The van der Waals surface area contributed by atoms with Crippen molar-refractivity contribution >= 4 is 11.8 Å². The summed E-state index contributed by atoms with van der Waals surface area (Å²) in [5.74, 6) is 1.12. The van der Waals surface area contributed by atoms with E-state index in [0.29, 0.717) is 31.8 Å². The number of unbranched alkanes of at least 4 members (excludes halogenated alkanes) is 1. The molecular weight excluding hydrogens is 400 g/mol. The largest absolute Gasteiger partial charge is 0.497 e. The lowest BCUT2D eigenvalue weighted by atomic mass is 10.00. The maximum absolute atomic E-state index is 13.2. The van der Waals surface area contributed by atoms with Crippen LogP contribution < -0.4 is 10.1 Å². The molecule has 0 saturated carbocycles. The van der Waals surface area contributed by atoms with E-state index < -0.39 is 6.04 Å². The highest BCUT2D eigenvalue weighted by Crippen LogP contribution is 2.18. The minimum absolute atomic E-state index is 0.0214. The predicted molar refractivity (Wildman–Crippen MR) is 130 cm³/mol. The number of rotatable bonds is 12. The van der Waals surface area contributed by atoms with Gasteiger partial charge in [0.2, 0.25) is 11.8 Å². The van der Waals surface area contributed by atoms with Crippen LogP contribution in [0.25, 0.3) is 0 Å². The lowest BCUT2D eigenvalue weighted by Crippen LogP contribution is -2.47. The fourth-order valence-electron chi connectivity index (χ4n) is 3.51. The van der Waals surface area contributed by atoms with Crippen LogP contribution in [0.1, 0.15) is 69.6 Å². The van der Waals surface area contributed by atoms with Crippen LogP contribution in [0.3, 0.4) is 0 Å². The highest BCUT2D eigenvalue weighted by molar-refractivity contribution is 5.87. The van der Waals surface area contributed by atoms with Crippen LogP contribution in [-0.4, -0.2) is 36.4 Å². The molecule has 0 saturated heterocycles. The summed E-state index contributed by atoms with van der Waals surface area (Å²) in [7, 11) is 1.63. The molecule has 32 heavy (non-hydrogen) atoms. The first-order chi connectivity index (χ1) is 15.3. The lowest BCUT2D eigenvalue weighted by Gasteiger charge is -2.29. The Morgan fingerprint density at radius 1 is 0.969 bits per heavy atom. The van der Waals surface area contributed by atoms with Crippen molar-refractivity contribution in [2.45, 2.75) is 71.9 Å². The van der Waals surface area contributed by atoms with Gasteiger partial charge in [0.1, 0.15) is 11.8 Å². The predicted octanol–water partition coefficient (Wildman–Crippen LogP) is 5.08. The van der Waals surface area contributed by atoms with Gasteiger partial charge in [-0.05, 0) is 54.5 Å². The Kier molecular flexibility index (Phi) is 10.3. The highest BCUT2D eigenvalue weighted by Gasteiger charge is 2.25. The van der Waals surface area contributed by atoms with E-state index in [4.69, 9.17) is 4.74 Å². The van der Waals surface area contributed by atoms with Gasteiger partial charge in [-0.2, -0.15) is 0 Å². The van der Waals surface area contributed by atoms with Gasteiger partial charge < -0.3 is 15.0 Å². The van der Waals surface area contributed by atoms with E-state index in [1.165, 1.54) is 5.56 Å². The quantitative estimate of drug-likeness (QED) is 0.470. The number of ether oxygens (including phenoxy) is 1. The molecule has 2 aromatic rings. The van der Waals surface area contributed by atoms with Gasteiger partial charge in [0, 0.05) is 19.5 Å². The summed E-state index contributed by atoms with van der Waals surface area (Å²) in [6.45, 7) is 9.25. The molecular formula is C27H38N2O3. The van der Waals surface area contributed by atoms with E-state index in [1.54, 1.807) is 18.9 Å². The number of aryl methyl sites for hydroxylation is 1. The molecule has 0 aliphatic carbocycles. The zero-order valence-corrected chi connectivity index (χ0v) is 20.2. The standard InChI is InChI=1S/C27H38N2O3/c1-6-7-18-28-27(31)21(4)29(19-23-10-15-25(32-5)16-11-23)26(30)17-12-22-8-13-24(14-9-22)20(2)3/h8-11,13-16,20-21H,6-7,12,17-19H2,1-5H3,(H,28,31). The zero-order chi connectivity index (χ0) is 23.5. The second kappa shape index (κ2) is 12.9. The Morgan fingerprint density at radius 2 is 1.59 bits per heavy atom. The SMILES string of the molecule is CCCCNC(=O)C(C)N(Cc1ccc(OC)cc1)C(=O)CCc1ccc(C(C)C)cc1. The first-order valence-electron chi connectivity index (χ1n) is 11.6. The summed E-state index contributed by atoms with van der Waals surface area (Å²) in [5, 5.41) is 2.96. The van der Waals surface area contributed by atoms with Gasteiger partial charge >= 0.3 is 0 Å². The number of nitrogens with zero attached hydrogens (tertiary/aromatic N) is 1. The molecule has 2 aromatic carbocycles. The summed E-state index contributed by atoms with van der Waals surface area (Å²) in [5.41, 5.74) is 3.39. The number of methoxy groups -OCH3 is 1.